The van der Waals surface area contributed by atoms with Crippen LogP contribution in [0.15, 0.2) is 18.2 Å². The van der Waals surface area contributed by atoms with Crippen molar-refractivity contribution in [2.24, 2.45) is 0 Å². The van der Waals surface area contributed by atoms with E-state index in [9.17, 15) is 14.4 Å². The average molecular weight is 265 g/mol. The van der Waals surface area contributed by atoms with Gasteiger partial charge >= 0.3 is 0 Å². The van der Waals surface area contributed by atoms with Gasteiger partial charge in [-0.25, -0.2) is 0 Å². The largest absolute Gasteiger partial charge is 0.398 e. The number of amides is 3. The molecule has 0 radical (unpaired) electrons. The van der Waals surface area contributed by atoms with Gasteiger partial charge in [-0.2, -0.15) is 0 Å². The molecule has 98 valence electrons. The van der Waals surface area contributed by atoms with E-state index >= 15 is 0 Å². The van der Waals surface area contributed by atoms with Gasteiger partial charge < -0.3 is 10.6 Å². The molecular weight excluding hydrogens is 246 g/mol. The highest BCUT2D eigenvalue weighted by atomic mass is 16.2. The van der Waals surface area contributed by atoms with Crippen molar-refractivity contribution in [2.45, 2.75) is 25.3 Å². The zero-order valence-electron chi connectivity index (χ0n) is 15.6. The fourth-order valence-electron chi connectivity index (χ4n) is 1.89. The minimum atomic E-state index is -3.18. The molecule has 0 aliphatic carbocycles. The molecule has 2 aliphatic rings. The lowest BCUT2D eigenvalue weighted by atomic mass is 10.0. The summed E-state index contributed by atoms with van der Waals surface area (Å²) in [6.07, 6.45) is -5.36. The Morgan fingerprint density at radius 1 is 1.42 bits per heavy atom. The van der Waals surface area contributed by atoms with Crippen LogP contribution in [-0.4, -0.2) is 28.6 Å². The summed E-state index contributed by atoms with van der Waals surface area (Å²) >= 11 is 0. The van der Waals surface area contributed by atoms with Crippen LogP contribution >= 0.6 is 0 Å². The Kier molecular flexibility index (Phi) is 1.44. The van der Waals surface area contributed by atoms with Gasteiger partial charge in [-0.3, -0.25) is 19.7 Å². The summed E-state index contributed by atoms with van der Waals surface area (Å²) < 4.78 is 48.3. The van der Waals surface area contributed by atoms with Crippen LogP contribution in [0.3, 0.4) is 0 Å². The number of fused-ring (bicyclic) bond motifs is 1. The summed E-state index contributed by atoms with van der Waals surface area (Å²) in [6, 6.07) is 0.777. The molecule has 6 nitrogen and oxygen atoms in total. The molecule has 2 heterocycles. The first-order valence-electron chi connectivity index (χ1n) is 8.47. The minimum absolute atomic E-state index is 0.0998. The molecule has 0 aromatic heterocycles. The monoisotopic (exact) mass is 265 g/mol. The molecule has 6 heteroatoms. The maximum atomic E-state index is 12.7. The van der Waals surface area contributed by atoms with Gasteiger partial charge in [0, 0.05) is 33.8 Å². The van der Waals surface area contributed by atoms with Gasteiger partial charge in [-0.05, 0) is 18.5 Å². The number of anilines is 1. The van der Waals surface area contributed by atoms with Gasteiger partial charge in [0.05, 0.1) is 4.11 Å². The predicted octanol–water partition coefficient (Wildman–Crippen LogP) is 0.0298. The third kappa shape index (κ3) is 1.76. The Labute approximate surface area is 118 Å². The van der Waals surface area contributed by atoms with E-state index in [-0.39, 0.29) is 21.7 Å². The van der Waals surface area contributed by atoms with E-state index < -0.39 is 43.0 Å². The van der Waals surface area contributed by atoms with Crippen molar-refractivity contribution in [3.8, 4) is 0 Å². The molecule has 1 unspecified atom stereocenters. The molecule has 0 spiro atoms. The van der Waals surface area contributed by atoms with Crippen molar-refractivity contribution < 1.29 is 22.6 Å². The molecule has 1 fully saturated rings. The second kappa shape index (κ2) is 4.08. The highest BCUT2D eigenvalue weighted by Crippen LogP contribution is 2.30. The third-order valence-corrected chi connectivity index (χ3v) is 2.77. The van der Waals surface area contributed by atoms with Crippen LogP contribution < -0.4 is 11.1 Å². The fraction of sp³-hybridized carbons (Fsp3) is 0.308. The number of rotatable bonds is 1. The summed E-state index contributed by atoms with van der Waals surface area (Å²) in [4.78, 5) is 36.7. The van der Waals surface area contributed by atoms with Crippen LogP contribution in [0, 0.1) is 0 Å². The van der Waals surface area contributed by atoms with Crippen molar-refractivity contribution in [1.82, 2.24) is 10.2 Å². The van der Waals surface area contributed by atoms with Crippen LogP contribution in [0.2, 0.25) is 0 Å². The van der Waals surface area contributed by atoms with E-state index in [4.69, 9.17) is 14.0 Å². The quantitative estimate of drug-likeness (QED) is 0.553. The lowest BCUT2D eigenvalue weighted by Gasteiger charge is -2.29. The highest BCUT2D eigenvalue weighted by molar-refractivity contribution is 6.06. The molecule has 2 aliphatic heterocycles. The van der Waals surface area contributed by atoms with Gasteiger partial charge in [0.2, 0.25) is 11.8 Å². The van der Waals surface area contributed by atoms with Gasteiger partial charge in [-0.1, -0.05) is 6.07 Å². The van der Waals surface area contributed by atoms with Crippen molar-refractivity contribution >= 4 is 23.4 Å². The molecule has 3 N–H and O–H groups in total. The Bertz CT molecular complexity index is 829. The number of nitrogens with one attached hydrogen (secondary N) is 1. The van der Waals surface area contributed by atoms with E-state index in [2.05, 4.69) is 0 Å². The Morgan fingerprint density at radius 3 is 2.95 bits per heavy atom. The topological polar surface area (TPSA) is 92.5 Å². The van der Waals surface area contributed by atoms with Crippen LogP contribution in [0.5, 0.6) is 0 Å². The van der Waals surface area contributed by atoms with Gasteiger partial charge in [-0.15, -0.1) is 0 Å². The molecule has 0 bridgehead atoms. The minimum Gasteiger partial charge on any atom is -0.398 e. The average Bonchev–Trinajstić information content (AvgIpc) is 2.72. The van der Waals surface area contributed by atoms with E-state index in [1.165, 1.54) is 18.2 Å². The molecule has 0 saturated carbocycles. The van der Waals surface area contributed by atoms with E-state index in [1.54, 1.807) is 5.32 Å². The molecule has 19 heavy (non-hydrogen) atoms. The van der Waals surface area contributed by atoms with Crippen LogP contribution in [0.25, 0.3) is 0 Å². The lowest BCUT2D eigenvalue weighted by molar-refractivity contribution is -0.136. The first-order chi connectivity index (χ1) is 11.4. The van der Waals surface area contributed by atoms with Crippen LogP contribution in [0.4, 0.5) is 5.69 Å². The summed E-state index contributed by atoms with van der Waals surface area (Å²) in [7, 11) is 0. The third-order valence-electron chi connectivity index (χ3n) is 2.77. The second-order valence-corrected chi connectivity index (χ2v) is 3.98. The summed E-state index contributed by atoms with van der Waals surface area (Å²) in [5.41, 5.74) is 5.14. The molecule has 1 aromatic rings. The van der Waals surface area contributed by atoms with Crippen molar-refractivity contribution in [3.63, 3.8) is 0 Å². The fourth-order valence-corrected chi connectivity index (χ4v) is 1.89. The van der Waals surface area contributed by atoms with Crippen molar-refractivity contribution in [1.29, 1.82) is 0 Å². The number of imide groups is 1. The molecule has 1 aromatic carbocycles. The number of nitrogens with two attached hydrogens (primary N) is 1. The first kappa shape index (κ1) is 6.70. The predicted molar refractivity (Wildman–Crippen MR) is 66.9 cm³/mol. The first-order valence-corrected chi connectivity index (χ1v) is 5.39. The normalized spacial score (nSPS) is 40.1. The molecule has 2 atom stereocenters. The number of hydrogen-bond acceptors (Lipinski definition) is 4. The number of benzene rings is 1. The number of carbonyl (C=O) groups excluding carboxylic acids is 3. The molecular formula is C13H13N3O3. The lowest BCUT2D eigenvalue weighted by Crippen LogP contribution is -2.52. The number of hydrogen-bond donors (Lipinski definition) is 2. The maximum absolute atomic E-state index is 12.7. The highest BCUT2D eigenvalue weighted by Gasteiger charge is 2.39. The number of nitrogens with zero attached hydrogens (tertiary/aromatic N) is 1. The van der Waals surface area contributed by atoms with E-state index in [0.29, 0.717) is 0 Å². The van der Waals surface area contributed by atoms with E-state index in [0.717, 1.165) is 0 Å². The standard InChI is InChI=1S/C13H13N3O3/c14-9-3-1-2-7-8(9)6-16(13(7)19)10-4-5-11(17)15-12(10)18/h1-3,10H,4-6,14H2,(H,15,17,18)/t10-/m0/s1/i4D2,5D,6D2,10D/t5?,10-. The summed E-state index contributed by atoms with van der Waals surface area (Å²) in [5.74, 6) is -3.90. The van der Waals surface area contributed by atoms with E-state index in [1.807, 2.05) is 0 Å². The number of piperidine rings is 1. The zero-order valence-corrected chi connectivity index (χ0v) is 9.56. The number of carbonyl (C=O) groups is 3. The molecule has 1 saturated heterocycles. The maximum Gasteiger partial charge on any atom is 0.255 e. The van der Waals surface area contributed by atoms with Crippen molar-refractivity contribution in [2.75, 3.05) is 5.73 Å². The SMILES string of the molecule is [2H]C1C(=O)NC(=O)[C@@]([2H])(N2C(=O)c3cccc(N)c3C2([2H])[2H])C1([2H])[2H]. The number of nitrogen functional groups attached to an aromatic ring is 1. The molecule has 3 rings (SSSR count). The molecule has 3 amide bonds. The van der Waals surface area contributed by atoms with Gasteiger partial charge in [0.15, 0.2) is 0 Å². The Hall–Kier alpha value is -2.37. The van der Waals surface area contributed by atoms with Crippen molar-refractivity contribution in [3.05, 3.63) is 29.3 Å². The Balaban J connectivity index is 2.26. The van der Waals surface area contributed by atoms with Gasteiger partial charge in [0.1, 0.15) is 6.02 Å². The second-order valence-electron chi connectivity index (χ2n) is 3.98. The van der Waals surface area contributed by atoms with Crippen LogP contribution in [0.1, 0.15) is 36.9 Å². The smallest absolute Gasteiger partial charge is 0.255 e. The van der Waals surface area contributed by atoms with Crippen LogP contribution in [-0.2, 0) is 16.1 Å². The van der Waals surface area contributed by atoms with Gasteiger partial charge in [0.25, 0.3) is 5.91 Å². The Morgan fingerprint density at radius 2 is 2.21 bits per heavy atom. The zero-order chi connectivity index (χ0) is 18.9. The summed E-state index contributed by atoms with van der Waals surface area (Å²) in [5, 5.41) is 1.67. The summed E-state index contributed by atoms with van der Waals surface area (Å²) in [6.45, 7) is -2.79.